The molecule has 2 saturated heterocycles. The molecule has 1 unspecified atom stereocenters. The van der Waals surface area contributed by atoms with Gasteiger partial charge in [0.05, 0.1) is 23.7 Å². The Morgan fingerprint density at radius 3 is 2.62 bits per heavy atom. The summed E-state index contributed by atoms with van der Waals surface area (Å²) in [6.07, 6.45) is 0.322. The number of urea groups is 1. The number of rotatable bonds is 3. The zero-order valence-electron chi connectivity index (χ0n) is 17.3. The van der Waals surface area contributed by atoms with Gasteiger partial charge in [0, 0.05) is 53.4 Å². The normalized spacial score (nSPS) is 22.0. The number of carbonyl (C=O) groups excluding carboxylic acids is 3. The van der Waals surface area contributed by atoms with Crippen molar-refractivity contribution in [2.75, 3.05) is 59.3 Å². The second-order valence-corrected chi connectivity index (χ2v) is 8.35. The summed E-state index contributed by atoms with van der Waals surface area (Å²) >= 11 is 0. The largest absolute Gasteiger partial charge is 0.489 e. The first-order valence-electron chi connectivity index (χ1n) is 9.73. The summed E-state index contributed by atoms with van der Waals surface area (Å²) in [5.41, 5.74) is 1.13. The van der Waals surface area contributed by atoms with Crippen molar-refractivity contribution in [3.8, 4) is 5.75 Å². The van der Waals surface area contributed by atoms with E-state index >= 15 is 0 Å². The molecule has 4 amide bonds. The number of hydrogen-bond donors (Lipinski definition) is 1. The average Bonchev–Trinajstić information content (AvgIpc) is 2.97. The third kappa shape index (κ3) is 3.14. The smallest absolute Gasteiger partial charge is 0.317 e. The molecule has 3 heterocycles. The zero-order valence-corrected chi connectivity index (χ0v) is 17.3. The van der Waals surface area contributed by atoms with Crippen LogP contribution in [0.15, 0.2) is 18.2 Å². The Bertz CT molecular complexity index is 864. The second kappa shape index (κ2) is 6.82. The van der Waals surface area contributed by atoms with Gasteiger partial charge in [-0.2, -0.15) is 0 Å². The van der Waals surface area contributed by atoms with E-state index in [1.807, 2.05) is 18.0 Å². The average molecular weight is 401 g/mol. The molecule has 0 aliphatic carbocycles. The van der Waals surface area contributed by atoms with E-state index in [4.69, 9.17) is 4.74 Å². The number of likely N-dealkylation sites (N-methyl/N-ethyl adjacent to an activating group) is 2. The summed E-state index contributed by atoms with van der Waals surface area (Å²) in [5, 5.41) is 2.83. The number of benzene rings is 1. The van der Waals surface area contributed by atoms with E-state index in [0.29, 0.717) is 44.0 Å². The summed E-state index contributed by atoms with van der Waals surface area (Å²) in [5.74, 6) is 0.688. The third-order valence-corrected chi connectivity index (χ3v) is 6.29. The standard InChI is InChI=1S/C20H27N5O4/c1-22(2)18(27)13-5-6-16-15(7-13)23(3)14(9-29-16)8-17(26)25-11-20(12-25)10-21-19(28)24(20)4/h5-7,14H,8-12H2,1-4H3,(H,21,28). The maximum Gasteiger partial charge on any atom is 0.317 e. The minimum absolute atomic E-state index is 0.0489. The maximum atomic E-state index is 12.8. The number of ether oxygens (including phenoxy) is 1. The van der Waals surface area contributed by atoms with Crippen LogP contribution in [0.1, 0.15) is 16.8 Å². The summed E-state index contributed by atoms with van der Waals surface area (Å²) in [4.78, 5) is 43.8. The van der Waals surface area contributed by atoms with Crippen molar-refractivity contribution in [2.45, 2.75) is 18.0 Å². The van der Waals surface area contributed by atoms with E-state index in [-0.39, 0.29) is 29.4 Å². The molecule has 0 aromatic heterocycles. The first-order valence-corrected chi connectivity index (χ1v) is 9.73. The van der Waals surface area contributed by atoms with Crippen molar-refractivity contribution in [1.82, 2.24) is 20.0 Å². The number of fused-ring (bicyclic) bond motifs is 1. The fraction of sp³-hybridized carbons (Fsp3) is 0.550. The molecule has 4 rings (SSSR count). The van der Waals surface area contributed by atoms with Gasteiger partial charge in [0.15, 0.2) is 0 Å². The van der Waals surface area contributed by atoms with E-state index in [2.05, 4.69) is 5.32 Å². The molecule has 9 nitrogen and oxygen atoms in total. The molecule has 0 bridgehead atoms. The van der Waals surface area contributed by atoms with Crippen LogP contribution in [0.3, 0.4) is 0 Å². The number of amides is 4. The van der Waals surface area contributed by atoms with Crippen LogP contribution in [0.25, 0.3) is 0 Å². The van der Waals surface area contributed by atoms with Crippen LogP contribution >= 0.6 is 0 Å². The SMILES string of the molecule is CN(C)C(=O)c1ccc2c(c1)N(C)C(CC(=O)N1CC3(CNC(=O)N3C)C1)CO2. The molecular weight excluding hydrogens is 374 g/mol. The van der Waals surface area contributed by atoms with Crippen molar-refractivity contribution in [2.24, 2.45) is 0 Å². The van der Waals surface area contributed by atoms with Crippen LogP contribution in [0, 0.1) is 0 Å². The van der Waals surface area contributed by atoms with Crippen LogP contribution in [-0.2, 0) is 4.79 Å². The van der Waals surface area contributed by atoms with Crippen molar-refractivity contribution >= 4 is 23.5 Å². The third-order valence-electron chi connectivity index (χ3n) is 6.29. The zero-order chi connectivity index (χ0) is 20.9. The lowest BCUT2D eigenvalue weighted by Gasteiger charge is -2.51. The molecule has 156 valence electrons. The Labute approximate surface area is 170 Å². The summed E-state index contributed by atoms with van der Waals surface area (Å²) in [6, 6.07) is 5.18. The molecule has 1 atom stereocenters. The van der Waals surface area contributed by atoms with E-state index in [0.717, 1.165) is 5.69 Å². The highest BCUT2D eigenvalue weighted by Gasteiger charge is 2.53. The number of nitrogens with zero attached hydrogens (tertiary/aromatic N) is 4. The van der Waals surface area contributed by atoms with Crippen LogP contribution < -0.4 is 15.0 Å². The summed E-state index contributed by atoms with van der Waals surface area (Å²) in [7, 11) is 7.13. The monoisotopic (exact) mass is 401 g/mol. The molecule has 3 aliphatic heterocycles. The molecule has 3 aliphatic rings. The molecular formula is C20H27N5O4. The Kier molecular flexibility index (Phi) is 4.55. The van der Waals surface area contributed by atoms with Crippen LogP contribution in [-0.4, -0.2) is 98.6 Å². The van der Waals surface area contributed by atoms with Crippen LogP contribution in [0.4, 0.5) is 10.5 Å². The van der Waals surface area contributed by atoms with Gasteiger partial charge < -0.3 is 29.7 Å². The van der Waals surface area contributed by atoms with Crippen LogP contribution in [0.5, 0.6) is 5.75 Å². The van der Waals surface area contributed by atoms with Gasteiger partial charge >= 0.3 is 6.03 Å². The first kappa shape index (κ1) is 19.4. The van der Waals surface area contributed by atoms with Crippen molar-refractivity contribution in [1.29, 1.82) is 0 Å². The lowest BCUT2D eigenvalue weighted by Crippen LogP contribution is -2.70. The minimum atomic E-state index is -0.268. The topological polar surface area (TPSA) is 85.4 Å². The Morgan fingerprint density at radius 1 is 1.28 bits per heavy atom. The fourth-order valence-corrected chi connectivity index (χ4v) is 4.18. The van der Waals surface area contributed by atoms with Gasteiger partial charge in [-0.25, -0.2) is 4.79 Å². The molecule has 1 spiro atoms. The van der Waals surface area contributed by atoms with E-state index < -0.39 is 0 Å². The highest BCUT2D eigenvalue weighted by molar-refractivity contribution is 5.95. The number of anilines is 1. The molecule has 1 aromatic carbocycles. The van der Waals surface area contributed by atoms with E-state index in [1.165, 1.54) is 4.90 Å². The first-order chi connectivity index (χ1) is 13.7. The highest BCUT2D eigenvalue weighted by atomic mass is 16.5. The van der Waals surface area contributed by atoms with Gasteiger partial charge in [-0.1, -0.05) is 0 Å². The van der Waals surface area contributed by atoms with Crippen molar-refractivity contribution in [3.63, 3.8) is 0 Å². The minimum Gasteiger partial charge on any atom is -0.489 e. The van der Waals surface area contributed by atoms with Gasteiger partial charge in [0.2, 0.25) is 5.91 Å². The summed E-state index contributed by atoms with van der Waals surface area (Å²) < 4.78 is 5.86. The lowest BCUT2D eigenvalue weighted by molar-refractivity contribution is -0.142. The molecule has 0 saturated carbocycles. The quantitative estimate of drug-likeness (QED) is 0.783. The van der Waals surface area contributed by atoms with Crippen LogP contribution in [0.2, 0.25) is 0 Å². The van der Waals surface area contributed by atoms with Gasteiger partial charge in [-0.05, 0) is 18.2 Å². The second-order valence-electron chi connectivity index (χ2n) is 8.35. The fourth-order valence-electron chi connectivity index (χ4n) is 4.18. The van der Waals surface area contributed by atoms with E-state index in [1.54, 1.807) is 43.1 Å². The lowest BCUT2D eigenvalue weighted by atomic mass is 9.89. The van der Waals surface area contributed by atoms with Gasteiger partial charge in [0.1, 0.15) is 12.4 Å². The summed E-state index contributed by atoms with van der Waals surface area (Å²) in [6.45, 7) is 2.09. The number of carbonyl (C=O) groups is 3. The Morgan fingerprint density at radius 2 is 2.00 bits per heavy atom. The number of likely N-dealkylation sites (tertiary alicyclic amines) is 1. The van der Waals surface area contributed by atoms with E-state index in [9.17, 15) is 14.4 Å². The highest BCUT2D eigenvalue weighted by Crippen LogP contribution is 2.36. The molecule has 29 heavy (non-hydrogen) atoms. The molecule has 1 aromatic rings. The van der Waals surface area contributed by atoms with Gasteiger partial charge in [-0.15, -0.1) is 0 Å². The maximum absolute atomic E-state index is 12.8. The predicted molar refractivity (Wildman–Crippen MR) is 107 cm³/mol. The number of nitrogens with one attached hydrogen (secondary N) is 1. The molecule has 9 heteroatoms. The Hall–Kier alpha value is -2.97. The van der Waals surface area contributed by atoms with Crippen molar-refractivity contribution < 1.29 is 19.1 Å². The van der Waals surface area contributed by atoms with Gasteiger partial charge in [-0.3, -0.25) is 9.59 Å². The van der Waals surface area contributed by atoms with Crippen molar-refractivity contribution in [3.05, 3.63) is 23.8 Å². The molecule has 2 fully saturated rings. The van der Waals surface area contributed by atoms with Gasteiger partial charge in [0.25, 0.3) is 5.91 Å². The Balaban J connectivity index is 1.41. The molecule has 0 radical (unpaired) electrons. The molecule has 1 N–H and O–H groups in total. The number of hydrogen-bond acceptors (Lipinski definition) is 5. The predicted octanol–water partition coefficient (Wildman–Crippen LogP) is 0.212.